The molecule has 11 heteroatoms. The van der Waals surface area contributed by atoms with Crippen LogP contribution in [-0.4, -0.2) is 43.1 Å². The normalized spacial score (nSPS) is 11.1. The second-order valence-electron chi connectivity index (χ2n) is 10.0. The number of anilines is 2. The molecular weight excluding hydrogens is 512 g/mol. The van der Waals surface area contributed by atoms with E-state index in [-0.39, 0.29) is 35.8 Å². The van der Waals surface area contributed by atoms with Crippen LogP contribution in [0.1, 0.15) is 49.7 Å². The number of nitrogens with zero attached hydrogens (tertiary/aromatic N) is 3. The third-order valence-electron chi connectivity index (χ3n) is 5.64. The number of hydrogen-bond donors (Lipinski definition) is 3. The molecule has 0 fully saturated rings. The van der Waals surface area contributed by atoms with Crippen molar-refractivity contribution in [2.75, 3.05) is 10.6 Å². The van der Waals surface area contributed by atoms with Gasteiger partial charge in [0.25, 0.3) is 11.5 Å². The Labute approximate surface area is 230 Å². The second kappa shape index (κ2) is 11.8. The van der Waals surface area contributed by atoms with Crippen LogP contribution in [0.2, 0.25) is 0 Å². The van der Waals surface area contributed by atoms with Crippen LogP contribution in [0.5, 0.6) is 0 Å². The largest absolute Gasteiger partial charge is 0.460 e. The zero-order chi connectivity index (χ0) is 28.9. The third kappa shape index (κ3) is 7.07. The quantitative estimate of drug-likeness (QED) is 0.282. The zero-order valence-corrected chi connectivity index (χ0v) is 22.6. The molecule has 11 nitrogen and oxygen atoms in total. The van der Waals surface area contributed by atoms with Crippen molar-refractivity contribution < 1.29 is 19.1 Å². The maximum atomic E-state index is 12.9. The number of nitrogens with one attached hydrogen (secondary N) is 3. The van der Waals surface area contributed by atoms with Gasteiger partial charge in [0, 0.05) is 18.2 Å². The molecule has 0 aliphatic heterocycles. The zero-order valence-electron chi connectivity index (χ0n) is 22.6. The number of hydrogen-bond acceptors (Lipinski definition) is 7. The Morgan fingerprint density at radius 2 is 1.68 bits per heavy atom. The average Bonchev–Trinajstić information content (AvgIpc) is 3.20. The molecule has 4 aromatic rings. The van der Waals surface area contributed by atoms with Gasteiger partial charge in [-0.1, -0.05) is 30.3 Å². The maximum absolute atomic E-state index is 12.9. The molecule has 3 heterocycles. The third-order valence-corrected chi connectivity index (χ3v) is 5.64. The summed E-state index contributed by atoms with van der Waals surface area (Å²) in [5, 5.41) is 8.19. The lowest BCUT2D eigenvalue weighted by Crippen LogP contribution is -2.25. The van der Waals surface area contributed by atoms with E-state index in [1.807, 2.05) is 36.4 Å². The number of rotatable bonds is 8. The number of amides is 2. The molecule has 0 bridgehead atoms. The van der Waals surface area contributed by atoms with Gasteiger partial charge in [-0.15, -0.1) is 0 Å². The fourth-order valence-electron chi connectivity index (χ4n) is 3.77. The summed E-state index contributed by atoms with van der Waals surface area (Å²) < 4.78 is 6.36. The Morgan fingerprint density at radius 3 is 2.30 bits per heavy atom. The molecule has 0 spiro atoms. The van der Waals surface area contributed by atoms with Crippen molar-refractivity contribution in [1.82, 2.24) is 19.7 Å². The molecular formula is C29H30N6O5. The fourth-order valence-corrected chi connectivity index (χ4v) is 3.77. The van der Waals surface area contributed by atoms with Crippen LogP contribution in [0, 0.1) is 6.92 Å². The van der Waals surface area contributed by atoms with Gasteiger partial charge in [-0.25, -0.2) is 4.98 Å². The maximum Gasteiger partial charge on any atom is 0.306 e. The molecule has 0 aliphatic carbocycles. The van der Waals surface area contributed by atoms with Gasteiger partial charge >= 0.3 is 5.97 Å². The topological polar surface area (TPSA) is 148 Å². The number of aromatic nitrogens is 4. The Morgan fingerprint density at radius 1 is 0.925 bits per heavy atom. The monoisotopic (exact) mass is 542 g/mol. The first-order valence-corrected chi connectivity index (χ1v) is 12.6. The minimum Gasteiger partial charge on any atom is -0.460 e. The van der Waals surface area contributed by atoms with E-state index < -0.39 is 23.0 Å². The van der Waals surface area contributed by atoms with Gasteiger partial charge in [0.05, 0.1) is 35.3 Å². The number of esters is 1. The highest BCUT2D eigenvalue weighted by Gasteiger charge is 2.19. The molecule has 0 aliphatic rings. The number of aryl methyl sites for hydroxylation is 1. The molecule has 0 unspecified atom stereocenters. The van der Waals surface area contributed by atoms with E-state index in [0.717, 1.165) is 15.9 Å². The molecule has 1 aromatic carbocycles. The number of H-pyrrole nitrogens is 1. The molecule has 40 heavy (non-hydrogen) atoms. The SMILES string of the molecule is Cc1[nH]n(-c2ccc(C(=O)Nc3ccc(-c4ccccc4)nc3)cn2)c(=O)c1NC(=O)CCC(=O)OC(C)(C)C. The van der Waals surface area contributed by atoms with Gasteiger partial charge in [-0.3, -0.25) is 29.3 Å². The Balaban J connectivity index is 1.38. The van der Waals surface area contributed by atoms with Gasteiger partial charge in [-0.2, -0.15) is 4.68 Å². The van der Waals surface area contributed by atoms with E-state index in [1.54, 1.807) is 40.0 Å². The number of aromatic amines is 1. The summed E-state index contributed by atoms with van der Waals surface area (Å²) in [6, 6.07) is 16.3. The highest BCUT2D eigenvalue weighted by Crippen LogP contribution is 2.19. The van der Waals surface area contributed by atoms with E-state index >= 15 is 0 Å². The van der Waals surface area contributed by atoms with Crippen LogP contribution in [0.4, 0.5) is 11.4 Å². The van der Waals surface area contributed by atoms with Crippen molar-refractivity contribution >= 4 is 29.2 Å². The van der Waals surface area contributed by atoms with Crippen LogP contribution in [0.15, 0.2) is 71.8 Å². The number of ether oxygens (including phenoxy) is 1. The van der Waals surface area contributed by atoms with Crippen LogP contribution >= 0.6 is 0 Å². The van der Waals surface area contributed by atoms with Gasteiger partial charge < -0.3 is 15.4 Å². The Bertz CT molecular complexity index is 1570. The summed E-state index contributed by atoms with van der Waals surface area (Å²) in [5.74, 6) is -1.16. The first kappa shape index (κ1) is 28.0. The summed E-state index contributed by atoms with van der Waals surface area (Å²) in [7, 11) is 0. The summed E-state index contributed by atoms with van der Waals surface area (Å²) in [6.45, 7) is 6.85. The summed E-state index contributed by atoms with van der Waals surface area (Å²) in [5.41, 5.74) is 1.84. The molecule has 0 radical (unpaired) electrons. The van der Waals surface area contributed by atoms with E-state index in [9.17, 15) is 19.2 Å². The summed E-state index contributed by atoms with van der Waals surface area (Å²) in [4.78, 5) is 58.5. The number of benzene rings is 1. The van der Waals surface area contributed by atoms with Crippen molar-refractivity contribution in [2.45, 2.75) is 46.1 Å². The molecule has 2 amide bonds. The molecule has 0 saturated heterocycles. The molecule has 3 aromatic heterocycles. The standard InChI is InChI=1S/C29H30N6O5/c1-18-26(33-24(36)14-15-25(37)40-29(2,3)4)28(39)35(34-18)23-13-10-20(16-31-23)27(38)32-21-11-12-22(30-17-21)19-8-6-5-7-9-19/h5-13,16-17,34H,14-15H2,1-4H3,(H,32,38)(H,33,36). The van der Waals surface area contributed by atoms with Gasteiger partial charge in [0.1, 0.15) is 11.3 Å². The molecule has 0 saturated carbocycles. The van der Waals surface area contributed by atoms with Crippen molar-refractivity contribution in [2.24, 2.45) is 0 Å². The number of carbonyl (C=O) groups excluding carboxylic acids is 3. The van der Waals surface area contributed by atoms with E-state index in [1.165, 1.54) is 18.3 Å². The predicted molar refractivity (Wildman–Crippen MR) is 150 cm³/mol. The average molecular weight is 543 g/mol. The lowest BCUT2D eigenvalue weighted by atomic mass is 10.1. The van der Waals surface area contributed by atoms with Gasteiger partial charge in [-0.05, 0) is 52.0 Å². The van der Waals surface area contributed by atoms with E-state index in [4.69, 9.17) is 4.74 Å². The highest BCUT2D eigenvalue weighted by atomic mass is 16.6. The minimum atomic E-state index is -0.646. The molecule has 3 N–H and O–H groups in total. The van der Waals surface area contributed by atoms with E-state index in [0.29, 0.717) is 11.4 Å². The van der Waals surface area contributed by atoms with Crippen molar-refractivity contribution in [3.8, 4) is 17.1 Å². The Hall–Kier alpha value is -5.06. The van der Waals surface area contributed by atoms with Gasteiger partial charge in [0.15, 0.2) is 5.82 Å². The smallest absolute Gasteiger partial charge is 0.306 e. The van der Waals surface area contributed by atoms with E-state index in [2.05, 4.69) is 25.7 Å². The first-order valence-electron chi connectivity index (χ1n) is 12.6. The number of carbonyl (C=O) groups is 3. The van der Waals surface area contributed by atoms with Crippen LogP contribution < -0.4 is 16.2 Å². The van der Waals surface area contributed by atoms with Crippen LogP contribution in [-0.2, 0) is 14.3 Å². The van der Waals surface area contributed by atoms with Crippen LogP contribution in [0.3, 0.4) is 0 Å². The predicted octanol–water partition coefficient (Wildman–Crippen LogP) is 4.24. The second-order valence-corrected chi connectivity index (χ2v) is 10.0. The van der Waals surface area contributed by atoms with Crippen molar-refractivity contribution in [3.05, 3.63) is 88.6 Å². The first-order chi connectivity index (χ1) is 19.0. The van der Waals surface area contributed by atoms with Crippen LogP contribution in [0.25, 0.3) is 17.1 Å². The van der Waals surface area contributed by atoms with Crippen molar-refractivity contribution in [1.29, 1.82) is 0 Å². The fraction of sp³-hybridized carbons (Fsp3) is 0.241. The minimum absolute atomic E-state index is 0.0456. The summed E-state index contributed by atoms with van der Waals surface area (Å²) in [6.07, 6.45) is 2.68. The van der Waals surface area contributed by atoms with Gasteiger partial charge in [0.2, 0.25) is 5.91 Å². The lowest BCUT2D eigenvalue weighted by Gasteiger charge is -2.19. The number of pyridine rings is 2. The Kier molecular flexibility index (Phi) is 8.23. The van der Waals surface area contributed by atoms with Crippen molar-refractivity contribution in [3.63, 3.8) is 0 Å². The molecule has 4 rings (SSSR count). The molecule has 206 valence electrons. The highest BCUT2D eigenvalue weighted by molar-refractivity contribution is 6.04. The lowest BCUT2D eigenvalue weighted by molar-refractivity contribution is -0.155. The molecule has 0 atom stereocenters. The summed E-state index contributed by atoms with van der Waals surface area (Å²) >= 11 is 0.